The minimum absolute atomic E-state index is 0.139. The van der Waals surface area contributed by atoms with Crippen molar-refractivity contribution in [2.75, 3.05) is 6.61 Å². The first-order valence-corrected chi connectivity index (χ1v) is 4.13. The molecule has 2 fully saturated rings. The van der Waals surface area contributed by atoms with Crippen LogP contribution in [-0.4, -0.2) is 18.5 Å². The van der Waals surface area contributed by atoms with Crippen LogP contribution in [0.3, 0.4) is 0 Å². The summed E-state index contributed by atoms with van der Waals surface area (Å²) in [6.45, 7) is 3.02. The summed E-state index contributed by atoms with van der Waals surface area (Å²) in [5.74, 6) is -0.139. The van der Waals surface area contributed by atoms with Crippen LogP contribution in [0, 0.1) is 0 Å². The number of hydrogen-bond acceptors (Lipinski definition) is 2. The zero-order valence-corrected chi connectivity index (χ0v) is 6.43. The normalized spacial score (nSPS) is 47.1. The Balaban J connectivity index is 2.03. The molecule has 0 aromatic rings. The highest BCUT2D eigenvalue weighted by atomic mass is 16.7. The van der Waals surface area contributed by atoms with Gasteiger partial charge in [-0.15, -0.1) is 0 Å². The highest BCUT2D eigenvalue weighted by molar-refractivity contribution is 4.82. The van der Waals surface area contributed by atoms with E-state index in [2.05, 4.69) is 6.92 Å². The first kappa shape index (κ1) is 6.62. The molecule has 2 aliphatic rings. The fourth-order valence-corrected chi connectivity index (χ4v) is 1.87. The molecule has 0 aliphatic carbocycles. The van der Waals surface area contributed by atoms with E-state index >= 15 is 0 Å². The molecule has 0 unspecified atom stereocenters. The highest BCUT2D eigenvalue weighted by Gasteiger charge is 2.42. The molecular formula is C8H14O2. The van der Waals surface area contributed by atoms with Gasteiger partial charge in [0.05, 0.1) is 12.7 Å². The summed E-state index contributed by atoms with van der Waals surface area (Å²) in [5, 5.41) is 0. The fraction of sp³-hybridized carbons (Fsp3) is 1.00. The predicted molar refractivity (Wildman–Crippen MR) is 37.7 cm³/mol. The average molecular weight is 142 g/mol. The van der Waals surface area contributed by atoms with Crippen LogP contribution >= 0.6 is 0 Å². The van der Waals surface area contributed by atoms with Crippen molar-refractivity contribution >= 4 is 0 Å². The van der Waals surface area contributed by atoms with Crippen LogP contribution in [0.25, 0.3) is 0 Å². The Morgan fingerprint density at radius 3 is 2.80 bits per heavy atom. The first-order valence-electron chi connectivity index (χ1n) is 4.13. The summed E-state index contributed by atoms with van der Waals surface area (Å²) in [7, 11) is 0. The summed E-state index contributed by atoms with van der Waals surface area (Å²) < 4.78 is 11.2. The molecule has 2 aliphatic heterocycles. The summed E-state index contributed by atoms with van der Waals surface area (Å²) in [4.78, 5) is 0. The second kappa shape index (κ2) is 2.21. The molecule has 0 saturated carbocycles. The lowest BCUT2D eigenvalue weighted by Gasteiger charge is -2.21. The molecule has 2 saturated heterocycles. The molecule has 1 spiro atoms. The van der Waals surface area contributed by atoms with Crippen LogP contribution in [0.4, 0.5) is 0 Å². The minimum atomic E-state index is -0.139. The van der Waals surface area contributed by atoms with E-state index in [4.69, 9.17) is 9.47 Å². The van der Waals surface area contributed by atoms with Gasteiger partial charge in [-0.3, -0.25) is 0 Å². The van der Waals surface area contributed by atoms with Crippen LogP contribution in [0.15, 0.2) is 0 Å². The van der Waals surface area contributed by atoms with E-state index < -0.39 is 0 Å². The molecule has 2 heterocycles. The van der Waals surface area contributed by atoms with Gasteiger partial charge in [-0.1, -0.05) is 0 Å². The zero-order valence-electron chi connectivity index (χ0n) is 6.43. The van der Waals surface area contributed by atoms with Crippen LogP contribution in [0.1, 0.15) is 32.6 Å². The maximum Gasteiger partial charge on any atom is 0.168 e. The predicted octanol–water partition coefficient (Wildman–Crippen LogP) is 1.69. The van der Waals surface area contributed by atoms with Crippen molar-refractivity contribution in [1.29, 1.82) is 0 Å². The standard InChI is InChI=1S/C8H14O2/c1-7-3-5-8(10-7)4-2-6-9-8/h7H,2-6H2,1H3/t7-,8-/m1/s1. The van der Waals surface area contributed by atoms with Crippen molar-refractivity contribution in [2.24, 2.45) is 0 Å². The smallest absolute Gasteiger partial charge is 0.168 e. The summed E-state index contributed by atoms with van der Waals surface area (Å²) in [5.41, 5.74) is 0. The van der Waals surface area contributed by atoms with Crippen molar-refractivity contribution in [1.82, 2.24) is 0 Å². The number of ether oxygens (including phenoxy) is 2. The van der Waals surface area contributed by atoms with E-state index in [1.54, 1.807) is 0 Å². The molecule has 10 heavy (non-hydrogen) atoms. The average Bonchev–Trinajstić information content (AvgIpc) is 2.46. The van der Waals surface area contributed by atoms with Crippen molar-refractivity contribution < 1.29 is 9.47 Å². The van der Waals surface area contributed by atoms with Crippen LogP contribution in [-0.2, 0) is 9.47 Å². The van der Waals surface area contributed by atoms with Crippen LogP contribution in [0.2, 0.25) is 0 Å². The second-order valence-electron chi connectivity index (χ2n) is 3.33. The topological polar surface area (TPSA) is 18.5 Å². The van der Waals surface area contributed by atoms with E-state index in [1.807, 2.05) is 0 Å². The molecule has 0 N–H and O–H groups in total. The van der Waals surface area contributed by atoms with Gasteiger partial charge < -0.3 is 9.47 Å². The maximum atomic E-state index is 5.69. The molecule has 2 rings (SSSR count). The van der Waals surface area contributed by atoms with Crippen LogP contribution in [0.5, 0.6) is 0 Å². The fourth-order valence-electron chi connectivity index (χ4n) is 1.87. The summed E-state index contributed by atoms with van der Waals surface area (Å²) in [6, 6.07) is 0. The third-order valence-electron chi connectivity index (χ3n) is 2.41. The van der Waals surface area contributed by atoms with Gasteiger partial charge in [0, 0.05) is 12.8 Å². The van der Waals surface area contributed by atoms with Crippen molar-refractivity contribution in [3.63, 3.8) is 0 Å². The molecule has 0 amide bonds. The van der Waals surface area contributed by atoms with Crippen LogP contribution < -0.4 is 0 Å². The third-order valence-corrected chi connectivity index (χ3v) is 2.41. The lowest BCUT2D eigenvalue weighted by Crippen LogP contribution is -2.26. The SMILES string of the molecule is C[C@@H]1CC[C@@]2(CCCO2)O1. The van der Waals surface area contributed by atoms with E-state index in [1.165, 1.54) is 12.8 Å². The Bertz CT molecular complexity index is 127. The van der Waals surface area contributed by atoms with Gasteiger partial charge in [-0.2, -0.15) is 0 Å². The van der Waals surface area contributed by atoms with E-state index in [9.17, 15) is 0 Å². The first-order chi connectivity index (χ1) is 4.81. The molecular weight excluding hydrogens is 128 g/mol. The van der Waals surface area contributed by atoms with E-state index in [0.717, 1.165) is 19.4 Å². The Morgan fingerprint density at radius 2 is 2.30 bits per heavy atom. The number of hydrogen-bond donors (Lipinski definition) is 0. The number of rotatable bonds is 0. The van der Waals surface area contributed by atoms with E-state index in [0.29, 0.717) is 6.10 Å². The Kier molecular flexibility index (Phi) is 1.46. The Labute approximate surface area is 61.5 Å². The largest absolute Gasteiger partial charge is 0.350 e. The minimum Gasteiger partial charge on any atom is -0.350 e. The molecule has 0 aromatic heterocycles. The van der Waals surface area contributed by atoms with Gasteiger partial charge in [0.25, 0.3) is 0 Å². The van der Waals surface area contributed by atoms with Gasteiger partial charge in [0.15, 0.2) is 5.79 Å². The summed E-state index contributed by atoms with van der Waals surface area (Å²) in [6.07, 6.45) is 4.97. The van der Waals surface area contributed by atoms with Gasteiger partial charge in [0.1, 0.15) is 0 Å². The van der Waals surface area contributed by atoms with Gasteiger partial charge in [-0.25, -0.2) is 0 Å². The maximum absolute atomic E-state index is 5.69. The van der Waals surface area contributed by atoms with Crippen molar-refractivity contribution in [3.05, 3.63) is 0 Å². The monoisotopic (exact) mass is 142 g/mol. The Hall–Kier alpha value is -0.0800. The lowest BCUT2D eigenvalue weighted by molar-refractivity contribution is -0.195. The third kappa shape index (κ3) is 0.956. The molecule has 0 bridgehead atoms. The molecule has 2 atom stereocenters. The molecule has 2 nitrogen and oxygen atoms in total. The molecule has 2 heteroatoms. The highest BCUT2D eigenvalue weighted by Crippen LogP contribution is 2.38. The quantitative estimate of drug-likeness (QED) is 0.512. The Morgan fingerprint density at radius 1 is 1.40 bits per heavy atom. The zero-order chi connectivity index (χ0) is 7.03. The van der Waals surface area contributed by atoms with E-state index in [-0.39, 0.29) is 5.79 Å². The molecule has 58 valence electrons. The molecule has 0 aromatic carbocycles. The van der Waals surface area contributed by atoms with Crippen molar-refractivity contribution in [3.8, 4) is 0 Å². The summed E-state index contributed by atoms with van der Waals surface area (Å²) >= 11 is 0. The molecule has 0 radical (unpaired) electrons. The van der Waals surface area contributed by atoms with Gasteiger partial charge in [-0.05, 0) is 19.8 Å². The van der Waals surface area contributed by atoms with Gasteiger partial charge >= 0.3 is 0 Å². The van der Waals surface area contributed by atoms with Crippen molar-refractivity contribution in [2.45, 2.75) is 44.5 Å². The second-order valence-corrected chi connectivity index (χ2v) is 3.33. The van der Waals surface area contributed by atoms with Gasteiger partial charge in [0.2, 0.25) is 0 Å². The lowest BCUT2D eigenvalue weighted by atomic mass is 10.1.